The number of hydrogen-bond acceptors (Lipinski definition) is 3. The molecule has 1 N–H and O–H groups in total. The van der Waals surface area contributed by atoms with E-state index < -0.39 is 6.10 Å². The average molecular weight is 301 g/mol. The van der Waals surface area contributed by atoms with Crippen LogP contribution in [-0.2, 0) is 25.7 Å². The fraction of sp³-hybridized carbons (Fsp3) is 0.500. The predicted molar refractivity (Wildman–Crippen MR) is 87.9 cm³/mol. The summed E-state index contributed by atoms with van der Waals surface area (Å²) in [6, 6.07) is 6.38. The van der Waals surface area contributed by atoms with E-state index in [0.717, 1.165) is 17.0 Å². The highest BCUT2D eigenvalue weighted by atomic mass is 32.1. The normalized spacial score (nSPS) is 16.3. The van der Waals surface area contributed by atoms with Gasteiger partial charge in [0.15, 0.2) is 0 Å². The Hall–Kier alpha value is -1.19. The third-order valence-electron chi connectivity index (χ3n) is 4.29. The Balaban J connectivity index is 1.71. The fourth-order valence-electron chi connectivity index (χ4n) is 2.94. The minimum absolute atomic E-state index is 0.415. The standard InChI is InChI=1S/C18H23NOS/c1-2-13-8-9-15(19-12-13)11-16(20)18-10-14-6-4-3-5-7-17(14)21-18/h8-10,12,16,20H,2-7,11H2,1H3. The largest absolute Gasteiger partial charge is 0.387 e. The first-order valence-corrected chi connectivity index (χ1v) is 8.81. The molecule has 0 radical (unpaired) electrons. The first-order valence-electron chi connectivity index (χ1n) is 7.99. The van der Waals surface area contributed by atoms with Gasteiger partial charge in [0.2, 0.25) is 0 Å². The second kappa shape index (κ2) is 6.71. The molecule has 0 saturated carbocycles. The zero-order chi connectivity index (χ0) is 14.7. The van der Waals surface area contributed by atoms with Crippen LogP contribution in [0.5, 0.6) is 0 Å². The van der Waals surface area contributed by atoms with Crippen LogP contribution in [0.2, 0.25) is 0 Å². The number of aryl methyl sites for hydroxylation is 3. The second-order valence-corrected chi connectivity index (χ2v) is 7.06. The number of rotatable bonds is 4. The summed E-state index contributed by atoms with van der Waals surface area (Å²) in [5, 5.41) is 10.5. The first kappa shape index (κ1) is 14.7. The summed E-state index contributed by atoms with van der Waals surface area (Å²) in [5.41, 5.74) is 3.69. The number of aromatic nitrogens is 1. The number of nitrogens with zero attached hydrogens (tertiary/aromatic N) is 1. The third-order valence-corrected chi connectivity index (χ3v) is 5.63. The van der Waals surface area contributed by atoms with Gasteiger partial charge in [-0.1, -0.05) is 19.4 Å². The summed E-state index contributed by atoms with van der Waals surface area (Å²) in [4.78, 5) is 7.07. The molecular weight excluding hydrogens is 278 g/mol. The zero-order valence-corrected chi connectivity index (χ0v) is 13.5. The number of pyridine rings is 1. The highest BCUT2D eigenvalue weighted by Crippen LogP contribution is 2.33. The van der Waals surface area contributed by atoms with Gasteiger partial charge in [0.05, 0.1) is 6.10 Å². The lowest BCUT2D eigenvalue weighted by Gasteiger charge is -2.08. The van der Waals surface area contributed by atoms with E-state index in [4.69, 9.17) is 0 Å². The van der Waals surface area contributed by atoms with Crippen LogP contribution in [0.4, 0.5) is 0 Å². The molecule has 1 aliphatic rings. The van der Waals surface area contributed by atoms with Gasteiger partial charge < -0.3 is 5.11 Å². The first-order chi connectivity index (χ1) is 10.3. The van der Waals surface area contributed by atoms with Gasteiger partial charge in [-0.15, -0.1) is 11.3 Å². The lowest BCUT2D eigenvalue weighted by molar-refractivity contribution is 0.181. The molecule has 3 heteroatoms. The van der Waals surface area contributed by atoms with Gasteiger partial charge in [-0.2, -0.15) is 0 Å². The third kappa shape index (κ3) is 3.53. The summed E-state index contributed by atoms with van der Waals surface area (Å²) in [6.45, 7) is 2.13. The van der Waals surface area contributed by atoms with E-state index in [1.165, 1.54) is 48.1 Å². The number of aliphatic hydroxyl groups is 1. The summed E-state index contributed by atoms with van der Waals surface area (Å²) >= 11 is 1.81. The Labute approximate surface area is 130 Å². The zero-order valence-electron chi connectivity index (χ0n) is 12.6. The maximum atomic E-state index is 10.5. The molecule has 0 bridgehead atoms. The Kier molecular flexibility index (Phi) is 4.71. The summed E-state index contributed by atoms with van der Waals surface area (Å²) in [5.74, 6) is 0. The molecule has 0 amide bonds. The molecule has 21 heavy (non-hydrogen) atoms. The SMILES string of the molecule is CCc1ccc(CC(O)c2cc3c(s2)CCCCC3)nc1. The Bertz CT molecular complexity index is 564. The lowest BCUT2D eigenvalue weighted by Crippen LogP contribution is -2.02. The van der Waals surface area contributed by atoms with Gasteiger partial charge in [-0.25, -0.2) is 0 Å². The van der Waals surface area contributed by atoms with Crippen LogP contribution >= 0.6 is 11.3 Å². The molecule has 3 rings (SSSR count). The molecule has 0 fully saturated rings. The van der Waals surface area contributed by atoms with Crippen molar-refractivity contribution >= 4 is 11.3 Å². The van der Waals surface area contributed by atoms with Gasteiger partial charge in [-0.3, -0.25) is 4.98 Å². The van der Waals surface area contributed by atoms with Crippen molar-refractivity contribution in [2.24, 2.45) is 0 Å². The van der Waals surface area contributed by atoms with E-state index in [2.05, 4.69) is 24.0 Å². The van der Waals surface area contributed by atoms with Crippen molar-refractivity contribution in [2.45, 2.75) is 58.0 Å². The number of thiophene rings is 1. The minimum atomic E-state index is -0.415. The van der Waals surface area contributed by atoms with E-state index in [-0.39, 0.29) is 0 Å². The predicted octanol–water partition coefficient (Wildman–Crippen LogP) is 4.25. The molecule has 2 nitrogen and oxygen atoms in total. The Morgan fingerprint density at radius 2 is 2.10 bits per heavy atom. The summed E-state index contributed by atoms with van der Waals surface area (Å²) in [6.07, 6.45) is 9.43. The number of fused-ring (bicyclic) bond motifs is 1. The molecule has 0 aromatic carbocycles. The van der Waals surface area contributed by atoms with Crippen LogP contribution in [0, 0.1) is 0 Å². The Morgan fingerprint density at radius 3 is 2.86 bits per heavy atom. The molecule has 1 unspecified atom stereocenters. The lowest BCUT2D eigenvalue weighted by atomic mass is 10.1. The molecule has 1 atom stereocenters. The quantitative estimate of drug-likeness (QED) is 0.856. The van der Waals surface area contributed by atoms with Crippen LogP contribution in [0.15, 0.2) is 24.4 Å². The van der Waals surface area contributed by atoms with Gasteiger partial charge in [0.1, 0.15) is 0 Å². The van der Waals surface area contributed by atoms with E-state index in [1.54, 1.807) is 11.3 Å². The van der Waals surface area contributed by atoms with Gasteiger partial charge >= 0.3 is 0 Å². The van der Waals surface area contributed by atoms with Crippen molar-refractivity contribution < 1.29 is 5.11 Å². The topological polar surface area (TPSA) is 33.1 Å². The molecule has 2 heterocycles. The molecular formula is C18H23NOS. The fourth-order valence-corrected chi connectivity index (χ4v) is 4.18. The molecule has 0 spiro atoms. The molecule has 2 aromatic heterocycles. The minimum Gasteiger partial charge on any atom is -0.387 e. The molecule has 0 saturated heterocycles. The van der Waals surface area contributed by atoms with E-state index in [1.807, 2.05) is 12.3 Å². The average Bonchev–Trinajstić information content (AvgIpc) is 2.79. The van der Waals surface area contributed by atoms with Crippen molar-refractivity contribution in [3.05, 3.63) is 51.0 Å². The van der Waals surface area contributed by atoms with Gasteiger partial charge in [0, 0.05) is 28.1 Å². The molecule has 1 aliphatic carbocycles. The molecule has 2 aromatic rings. The maximum absolute atomic E-state index is 10.5. The highest BCUT2D eigenvalue weighted by Gasteiger charge is 2.17. The monoisotopic (exact) mass is 301 g/mol. The maximum Gasteiger partial charge on any atom is 0.0937 e. The number of aliphatic hydroxyl groups excluding tert-OH is 1. The van der Waals surface area contributed by atoms with Crippen LogP contribution in [-0.4, -0.2) is 10.1 Å². The van der Waals surface area contributed by atoms with Gasteiger partial charge in [0.25, 0.3) is 0 Å². The van der Waals surface area contributed by atoms with Crippen molar-refractivity contribution in [1.29, 1.82) is 0 Å². The van der Waals surface area contributed by atoms with Crippen molar-refractivity contribution in [3.63, 3.8) is 0 Å². The summed E-state index contributed by atoms with van der Waals surface area (Å²) < 4.78 is 0. The smallest absolute Gasteiger partial charge is 0.0937 e. The van der Waals surface area contributed by atoms with Crippen LogP contribution < -0.4 is 0 Å². The van der Waals surface area contributed by atoms with E-state index in [9.17, 15) is 5.11 Å². The highest BCUT2D eigenvalue weighted by molar-refractivity contribution is 7.12. The molecule has 0 aliphatic heterocycles. The van der Waals surface area contributed by atoms with Gasteiger partial charge in [-0.05, 0) is 55.4 Å². The van der Waals surface area contributed by atoms with Crippen LogP contribution in [0.3, 0.4) is 0 Å². The van der Waals surface area contributed by atoms with E-state index in [0.29, 0.717) is 6.42 Å². The Morgan fingerprint density at radius 1 is 1.24 bits per heavy atom. The van der Waals surface area contributed by atoms with Crippen molar-refractivity contribution in [2.75, 3.05) is 0 Å². The van der Waals surface area contributed by atoms with Crippen molar-refractivity contribution in [3.8, 4) is 0 Å². The number of hydrogen-bond donors (Lipinski definition) is 1. The second-order valence-electron chi connectivity index (χ2n) is 5.89. The van der Waals surface area contributed by atoms with Crippen molar-refractivity contribution in [1.82, 2.24) is 4.98 Å². The summed E-state index contributed by atoms with van der Waals surface area (Å²) in [7, 11) is 0. The van der Waals surface area contributed by atoms with E-state index >= 15 is 0 Å². The van der Waals surface area contributed by atoms with Crippen LogP contribution in [0.1, 0.15) is 58.9 Å². The van der Waals surface area contributed by atoms with Crippen LogP contribution in [0.25, 0.3) is 0 Å². The molecule has 112 valence electrons.